The molecule has 1 aromatic heterocycles. The van der Waals surface area contributed by atoms with Gasteiger partial charge in [-0.1, -0.05) is 18.2 Å². The molecule has 2 aromatic rings. The monoisotopic (exact) mass is 399 g/mol. The number of hydrogen-bond donors (Lipinski definition) is 1. The maximum absolute atomic E-state index is 5.73. The van der Waals surface area contributed by atoms with Crippen molar-refractivity contribution in [2.75, 3.05) is 13.2 Å². The van der Waals surface area contributed by atoms with E-state index in [1.54, 1.807) is 4.88 Å². The Morgan fingerprint density at radius 2 is 2.15 bits per heavy atom. The van der Waals surface area contributed by atoms with Crippen molar-refractivity contribution in [3.63, 3.8) is 0 Å². The summed E-state index contributed by atoms with van der Waals surface area (Å²) in [7, 11) is 0. The standard InChI is InChI=1S/C16H18INOS/c17-16-11-13-14(7-4-8-15(13)20-16)18-9-10-19-12-5-2-1-3-6-12/h1-3,5-6,11,14,18H,4,7-10H2. The fraction of sp³-hybridized carbons (Fsp3) is 0.375. The molecule has 1 N–H and O–H groups in total. The van der Waals surface area contributed by atoms with Gasteiger partial charge in [0.1, 0.15) is 12.4 Å². The highest BCUT2D eigenvalue weighted by molar-refractivity contribution is 14.1. The molecule has 20 heavy (non-hydrogen) atoms. The fourth-order valence-electron chi connectivity index (χ4n) is 2.65. The summed E-state index contributed by atoms with van der Waals surface area (Å²) in [5.74, 6) is 0.948. The second-order valence-electron chi connectivity index (χ2n) is 4.99. The number of aryl methyl sites for hydroxylation is 1. The molecule has 0 radical (unpaired) electrons. The Balaban J connectivity index is 1.50. The van der Waals surface area contributed by atoms with Gasteiger partial charge in [-0.05, 0) is 65.6 Å². The molecule has 1 aliphatic rings. The summed E-state index contributed by atoms with van der Waals surface area (Å²) in [4.78, 5) is 1.57. The molecule has 0 saturated carbocycles. The first-order valence-electron chi connectivity index (χ1n) is 7.02. The van der Waals surface area contributed by atoms with Crippen molar-refractivity contribution < 1.29 is 4.74 Å². The maximum Gasteiger partial charge on any atom is 0.119 e. The SMILES string of the molecule is Ic1cc2c(s1)CCCC2NCCOc1ccccc1. The average molecular weight is 399 g/mol. The third-order valence-electron chi connectivity index (χ3n) is 3.59. The Morgan fingerprint density at radius 3 is 3.00 bits per heavy atom. The van der Waals surface area contributed by atoms with Gasteiger partial charge in [0, 0.05) is 17.5 Å². The number of para-hydroxylation sites is 1. The molecule has 4 heteroatoms. The third-order valence-corrected chi connectivity index (χ3v) is 5.56. The Bertz CT molecular complexity index is 555. The molecule has 0 fully saturated rings. The number of rotatable bonds is 5. The molecule has 1 aromatic carbocycles. The van der Waals surface area contributed by atoms with Crippen molar-refractivity contribution in [3.05, 3.63) is 49.7 Å². The number of halogens is 1. The van der Waals surface area contributed by atoms with Crippen LogP contribution in [0.25, 0.3) is 0 Å². The van der Waals surface area contributed by atoms with Crippen LogP contribution in [0.1, 0.15) is 29.3 Å². The fourth-order valence-corrected chi connectivity index (χ4v) is 4.77. The van der Waals surface area contributed by atoms with Gasteiger partial charge < -0.3 is 10.1 Å². The molecular formula is C16H18INOS. The highest BCUT2D eigenvalue weighted by Crippen LogP contribution is 2.36. The van der Waals surface area contributed by atoms with Crippen molar-refractivity contribution in [3.8, 4) is 5.75 Å². The molecule has 1 aliphatic carbocycles. The van der Waals surface area contributed by atoms with Crippen LogP contribution in [0.5, 0.6) is 5.75 Å². The van der Waals surface area contributed by atoms with E-state index < -0.39 is 0 Å². The largest absolute Gasteiger partial charge is 0.492 e. The van der Waals surface area contributed by atoms with Crippen LogP contribution in [0.15, 0.2) is 36.4 Å². The van der Waals surface area contributed by atoms with E-state index in [1.165, 1.54) is 27.7 Å². The van der Waals surface area contributed by atoms with Gasteiger partial charge in [-0.25, -0.2) is 0 Å². The van der Waals surface area contributed by atoms with E-state index >= 15 is 0 Å². The van der Waals surface area contributed by atoms with Crippen molar-refractivity contribution in [1.29, 1.82) is 0 Å². The van der Waals surface area contributed by atoms with E-state index in [9.17, 15) is 0 Å². The highest BCUT2D eigenvalue weighted by atomic mass is 127. The van der Waals surface area contributed by atoms with Crippen LogP contribution < -0.4 is 10.1 Å². The summed E-state index contributed by atoms with van der Waals surface area (Å²) in [6.07, 6.45) is 3.79. The van der Waals surface area contributed by atoms with Crippen LogP contribution in [-0.2, 0) is 6.42 Å². The summed E-state index contributed by atoms with van der Waals surface area (Å²) < 4.78 is 7.13. The lowest BCUT2D eigenvalue weighted by molar-refractivity contribution is 0.301. The molecule has 1 heterocycles. The van der Waals surface area contributed by atoms with Gasteiger partial charge in [0.2, 0.25) is 0 Å². The van der Waals surface area contributed by atoms with Gasteiger partial charge in [0.05, 0.1) is 2.88 Å². The topological polar surface area (TPSA) is 21.3 Å². The maximum atomic E-state index is 5.73. The lowest BCUT2D eigenvalue weighted by atomic mass is 9.94. The van der Waals surface area contributed by atoms with Crippen molar-refractivity contribution in [2.45, 2.75) is 25.3 Å². The Kier molecular flexibility index (Phi) is 4.96. The van der Waals surface area contributed by atoms with Gasteiger partial charge in [-0.2, -0.15) is 0 Å². The summed E-state index contributed by atoms with van der Waals surface area (Å²) in [6.45, 7) is 1.61. The minimum atomic E-state index is 0.512. The van der Waals surface area contributed by atoms with Gasteiger partial charge in [-0.3, -0.25) is 0 Å². The predicted octanol–water partition coefficient (Wildman–Crippen LogP) is 4.40. The summed E-state index contributed by atoms with van der Waals surface area (Å²) >= 11 is 4.37. The molecular weight excluding hydrogens is 381 g/mol. The molecule has 2 nitrogen and oxygen atoms in total. The number of thiophene rings is 1. The Labute approximate surface area is 137 Å². The molecule has 1 unspecified atom stereocenters. The summed E-state index contributed by atoms with van der Waals surface area (Å²) in [6, 6.07) is 12.9. The van der Waals surface area contributed by atoms with E-state index in [2.05, 4.69) is 34.0 Å². The van der Waals surface area contributed by atoms with Gasteiger partial charge in [-0.15, -0.1) is 11.3 Å². The predicted molar refractivity (Wildman–Crippen MR) is 92.7 cm³/mol. The van der Waals surface area contributed by atoms with Crippen LogP contribution in [0, 0.1) is 2.88 Å². The lowest BCUT2D eigenvalue weighted by Crippen LogP contribution is -2.28. The number of fused-ring (bicyclic) bond motifs is 1. The first-order valence-corrected chi connectivity index (χ1v) is 8.92. The van der Waals surface area contributed by atoms with Gasteiger partial charge in [0.25, 0.3) is 0 Å². The number of ether oxygens (including phenoxy) is 1. The molecule has 0 spiro atoms. The van der Waals surface area contributed by atoms with Gasteiger partial charge in [0.15, 0.2) is 0 Å². The lowest BCUT2D eigenvalue weighted by Gasteiger charge is -2.23. The van der Waals surface area contributed by atoms with Crippen molar-refractivity contribution >= 4 is 33.9 Å². The molecule has 0 saturated heterocycles. The third kappa shape index (κ3) is 3.54. The van der Waals surface area contributed by atoms with Crippen LogP contribution >= 0.6 is 33.9 Å². The zero-order chi connectivity index (χ0) is 13.8. The van der Waals surface area contributed by atoms with Gasteiger partial charge >= 0.3 is 0 Å². The van der Waals surface area contributed by atoms with E-state index in [0.29, 0.717) is 6.04 Å². The second kappa shape index (κ2) is 6.91. The van der Waals surface area contributed by atoms with E-state index in [-0.39, 0.29) is 0 Å². The van der Waals surface area contributed by atoms with E-state index in [1.807, 2.05) is 41.7 Å². The molecule has 1 atom stereocenters. The first-order chi connectivity index (χ1) is 9.83. The molecule has 0 aliphatic heterocycles. The molecule has 0 bridgehead atoms. The normalized spacial score (nSPS) is 17.8. The van der Waals surface area contributed by atoms with Crippen LogP contribution in [0.4, 0.5) is 0 Å². The van der Waals surface area contributed by atoms with Crippen LogP contribution in [0.3, 0.4) is 0 Å². The van der Waals surface area contributed by atoms with E-state index in [0.717, 1.165) is 18.9 Å². The quantitative estimate of drug-likeness (QED) is 0.595. The van der Waals surface area contributed by atoms with Crippen molar-refractivity contribution in [1.82, 2.24) is 5.32 Å². The van der Waals surface area contributed by atoms with Crippen molar-refractivity contribution in [2.24, 2.45) is 0 Å². The molecule has 106 valence electrons. The number of nitrogens with one attached hydrogen (secondary N) is 1. The Hall–Kier alpha value is -0.590. The summed E-state index contributed by atoms with van der Waals surface area (Å²) in [5.41, 5.74) is 1.52. The zero-order valence-corrected chi connectivity index (χ0v) is 14.2. The summed E-state index contributed by atoms with van der Waals surface area (Å²) in [5, 5.41) is 3.64. The van der Waals surface area contributed by atoms with E-state index in [4.69, 9.17) is 4.74 Å². The molecule has 3 rings (SSSR count). The van der Waals surface area contributed by atoms with Crippen LogP contribution in [-0.4, -0.2) is 13.2 Å². The minimum absolute atomic E-state index is 0.512. The highest BCUT2D eigenvalue weighted by Gasteiger charge is 2.21. The average Bonchev–Trinajstić information content (AvgIpc) is 2.86. The first kappa shape index (κ1) is 14.4. The minimum Gasteiger partial charge on any atom is -0.492 e. The zero-order valence-electron chi connectivity index (χ0n) is 11.3. The smallest absolute Gasteiger partial charge is 0.119 e. The number of benzene rings is 1. The Morgan fingerprint density at radius 1 is 1.30 bits per heavy atom. The molecule has 0 amide bonds. The second-order valence-corrected chi connectivity index (χ2v) is 8.02. The number of hydrogen-bond acceptors (Lipinski definition) is 3. The van der Waals surface area contributed by atoms with Crippen LogP contribution in [0.2, 0.25) is 0 Å².